The van der Waals surface area contributed by atoms with Crippen molar-refractivity contribution in [2.24, 2.45) is 0 Å². The number of rotatable bonds is 14. The molecule has 0 heterocycles. The number of unbranched alkanes of at least 4 members (excludes halogenated alkanes) is 5. The first-order valence-corrected chi connectivity index (χ1v) is 17.5. The van der Waals surface area contributed by atoms with Crippen molar-refractivity contribution in [3.05, 3.63) is 12.2 Å². The van der Waals surface area contributed by atoms with Crippen LogP contribution in [0.25, 0.3) is 0 Å². The van der Waals surface area contributed by atoms with Crippen LogP contribution in [-0.2, 0) is 0 Å². The van der Waals surface area contributed by atoms with E-state index in [1.54, 1.807) is 13.3 Å². The van der Waals surface area contributed by atoms with Gasteiger partial charge in [-0.05, 0) is 0 Å². The van der Waals surface area contributed by atoms with Gasteiger partial charge in [-0.2, -0.15) is 0 Å². The summed E-state index contributed by atoms with van der Waals surface area (Å²) in [7, 11) is 0. The minimum absolute atomic E-state index is 0.959. The van der Waals surface area contributed by atoms with Gasteiger partial charge in [0.05, 0.1) is 0 Å². The standard InChI is InChI=1S/C8H15.3C4H9.Sn/c1-3-5-7-8-6-4-2;3*1-3-4-2;/h3,5,7H,4,6,8H2,1-2H3;3*1,3-4H2,2H3;/b7-5-;;;;. The summed E-state index contributed by atoms with van der Waals surface area (Å²) in [6.07, 6.45) is 17.8. The zero-order valence-corrected chi connectivity index (χ0v) is 18.6. The molecule has 0 N–H and O–H groups in total. The average Bonchev–Trinajstić information content (AvgIpc) is 2.51. The normalized spacial score (nSPS) is 14.0. The van der Waals surface area contributed by atoms with Crippen molar-refractivity contribution in [2.75, 3.05) is 0 Å². The van der Waals surface area contributed by atoms with Gasteiger partial charge >= 0.3 is 140 Å². The van der Waals surface area contributed by atoms with E-state index in [0.29, 0.717) is 0 Å². The van der Waals surface area contributed by atoms with E-state index < -0.39 is 18.4 Å². The van der Waals surface area contributed by atoms with E-state index in [1.165, 1.54) is 57.8 Å². The van der Waals surface area contributed by atoms with Crippen LogP contribution in [0, 0.1) is 0 Å². The summed E-state index contributed by atoms with van der Waals surface area (Å²) >= 11 is -1.97. The minimum atomic E-state index is -1.97. The van der Waals surface area contributed by atoms with Gasteiger partial charge in [0, 0.05) is 0 Å². The van der Waals surface area contributed by atoms with Crippen LogP contribution in [-0.4, -0.2) is 18.4 Å². The van der Waals surface area contributed by atoms with Crippen LogP contribution in [0.4, 0.5) is 0 Å². The van der Waals surface area contributed by atoms with Crippen molar-refractivity contribution in [1.29, 1.82) is 0 Å². The van der Waals surface area contributed by atoms with E-state index in [2.05, 4.69) is 46.8 Å². The van der Waals surface area contributed by atoms with Crippen LogP contribution < -0.4 is 0 Å². The second-order valence-electron chi connectivity index (χ2n) is 7.03. The molecule has 0 fully saturated rings. The molecule has 0 saturated carbocycles. The maximum absolute atomic E-state index is 2.65. The second-order valence-corrected chi connectivity index (χ2v) is 21.7. The Morgan fingerprint density at radius 3 is 1.52 bits per heavy atom. The molecule has 0 bridgehead atoms. The molecule has 0 rings (SSSR count). The topological polar surface area (TPSA) is 0 Å². The summed E-state index contributed by atoms with van der Waals surface area (Å²) in [6.45, 7) is 12.0. The fourth-order valence-electron chi connectivity index (χ4n) is 3.47. The monoisotopic (exact) mass is 402 g/mol. The third-order valence-corrected chi connectivity index (χ3v) is 22.8. The van der Waals surface area contributed by atoms with Gasteiger partial charge in [-0.1, -0.05) is 0 Å². The summed E-state index contributed by atoms with van der Waals surface area (Å²) in [5, 5.41) is 0. The molecule has 0 amide bonds. The quantitative estimate of drug-likeness (QED) is 0.157. The Morgan fingerprint density at radius 1 is 0.714 bits per heavy atom. The zero-order chi connectivity index (χ0) is 16.0. The predicted octanol–water partition coefficient (Wildman–Crippen LogP) is 7.97. The van der Waals surface area contributed by atoms with Gasteiger partial charge in [-0.3, -0.25) is 0 Å². The van der Waals surface area contributed by atoms with Crippen molar-refractivity contribution >= 4 is 18.4 Å². The maximum atomic E-state index is 2.65. The summed E-state index contributed by atoms with van der Waals surface area (Å²) in [4.78, 5) is 0. The molecule has 126 valence electrons. The van der Waals surface area contributed by atoms with Crippen molar-refractivity contribution < 1.29 is 0 Å². The van der Waals surface area contributed by atoms with Crippen molar-refractivity contribution in [3.63, 3.8) is 0 Å². The first-order chi connectivity index (χ1) is 10.2. The van der Waals surface area contributed by atoms with Crippen molar-refractivity contribution in [1.82, 2.24) is 0 Å². The Balaban J connectivity index is 4.85. The van der Waals surface area contributed by atoms with Crippen LogP contribution in [0.15, 0.2) is 12.2 Å². The van der Waals surface area contributed by atoms with Gasteiger partial charge in [0.1, 0.15) is 0 Å². The molecular weight excluding hydrogens is 359 g/mol. The summed E-state index contributed by atoms with van der Waals surface area (Å²) in [6, 6.07) is 0. The molecule has 0 aromatic heterocycles. The molecule has 0 aliphatic heterocycles. The Bertz CT molecular complexity index is 222. The first-order valence-electron chi connectivity index (χ1n) is 9.83. The fourth-order valence-corrected chi connectivity index (χ4v) is 20.1. The van der Waals surface area contributed by atoms with Gasteiger partial charge in [0.2, 0.25) is 0 Å². The summed E-state index contributed by atoms with van der Waals surface area (Å²) in [5.74, 6) is 0. The Hall–Kier alpha value is 0.539. The van der Waals surface area contributed by atoms with Gasteiger partial charge in [-0.25, -0.2) is 0 Å². The number of hydrogen-bond donors (Lipinski definition) is 0. The third kappa shape index (κ3) is 9.31. The number of hydrogen-bond acceptors (Lipinski definition) is 0. The molecule has 0 unspecified atom stereocenters. The van der Waals surface area contributed by atoms with E-state index in [0.717, 1.165) is 3.93 Å². The molecule has 0 aliphatic carbocycles. The van der Waals surface area contributed by atoms with Gasteiger partial charge in [0.15, 0.2) is 0 Å². The van der Waals surface area contributed by atoms with E-state index in [1.807, 2.05) is 0 Å². The Labute approximate surface area is 140 Å². The van der Waals surface area contributed by atoms with Gasteiger partial charge < -0.3 is 0 Å². The van der Waals surface area contributed by atoms with Crippen LogP contribution in [0.2, 0.25) is 17.2 Å². The van der Waals surface area contributed by atoms with E-state index in [-0.39, 0.29) is 0 Å². The molecule has 0 aromatic carbocycles. The van der Waals surface area contributed by atoms with Gasteiger partial charge in [0.25, 0.3) is 0 Å². The molecule has 1 heteroatoms. The second kappa shape index (κ2) is 14.2. The summed E-state index contributed by atoms with van der Waals surface area (Å²) in [5.41, 5.74) is 0. The van der Waals surface area contributed by atoms with Crippen LogP contribution in [0.3, 0.4) is 0 Å². The Morgan fingerprint density at radius 2 is 1.14 bits per heavy atom. The summed E-state index contributed by atoms with van der Waals surface area (Å²) < 4.78 is 5.89. The molecule has 0 spiro atoms. The first kappa shape index (κ1) is 21.5. The molecule has 0 aromatic rings. The molecule has 0 saturated heterocycles. The molecule has 0 nitrogen and oxygen atoms in total. The van der Waals surface area contributed by atoms with Gasteiger partial charge in [-0.15, -0.1) is 0 Å². The molecule has 0 aliphatic rings. The predicted molar refractivity (Wildman–Crippen MR) is 103 cm³/mol. The SMILES string of the molecule is CCCC/C=C\[C@@H](C)[Sn]([CH2]CCC)([CH2]CCC)[CH2]CCC. The zero-order valence-electron chi connectivity index (χ0n) is 15.7. The molecule has 0 radical (unpaired) electrons. The van der Waals surface area contributed by atoms with Crippen molar-refractivity contribution in [3.8, 4) is 0 Å². The van der Waals surface area contributed by atoms with Crippen molar-refractivity contribution in [2.45, 2.75) is 110 Å². The third-order valence-electron chi connectivity index (χ3n) is 5.20. The van der Waals surface area contributed by atoms with E-state index in [4.69, 9.17) is 0 Å². The van der Waals surface area contributed by atoms with E-state index in [9.17, 15) is 0 Å². The van der Waals surface area contributed by atoms with Crippen LogP contribution in [0.5, 0.6) is 0 Å². The molecule has 1 atom stereocenters. The number of allylic oxidation sites excluding steroid dienone is 2. The van der Waals surface area contributed by atoms with E-state index >= 15 is 0 Å². The fraction of sp³-hybridized carbons (Fsp3) is 0.900. The molecule has 21 heavy (non-hydrogen) atoms. The van der Waals surface area contributed by atoms with Crippen LogP contribution in [0.1, 0.15) is 92.4 Å². The average molecular weight is 401 g/mol. The Kier molecular flexibility index (Phi) is 14.5. The van der Waals surface area contributed by atoms with Crippen LogP contribution >= 0.6 is 0 Å². The molecular formula is C20H42Sn.